The van der Waals surface area contributed by atoms with E-state index in [2.05, 4.69) is 0 Å². The van der Waals surface area contributed by atoms with Crippen LogP contribution in [0.5, 0.6) is 11.5 Å². The molecule has 4 N–H and O–H groups in total. The van der Waals surface area contributed by atoms with Crippen LogP contribution in [0.3, 0.4) is 0 Å². The van der Waals surface area contributed by atoms with E-state index in [-0.39, 0.29) is 82.8 Å². The average molecular weight is 670 g/mol. The van der Waals surface area contributed by atoms with Crippen molar-refractivity contribution in [3.05, 3.63) is 77.9 Å². The van der Waals surface area contributed by atoms with Crippen LogP contribution in [0.2, 0.25) is 0 Å². The zero-order valence-electron chi connectivity index (χ0n) is 20.6. The van der Waals surface area contributed by atoms with E-state index in [1.54, 1.807) is 0 Å². The zero-order chi connectivity index (χ0) is 28.7. The van der Waals surface area contributed by atoms with Crippen molar-refractivity contribution in [2.45, 2.75) is 22.1 Å². The van der Waals surface area contributed by atoms with Gasteiger partial charge in [0.1, 0.15) is 11.5 Å². The van der Waals surface area contributed by atoms with Crippen LogP contribution in [0.1, 0.15) is 11.1 Å². The molecule has 0 aliphatic rings. The van der Waals surface area contributed by atoms with E-state index in [9.17, 15) is 56.8 Å². The summed E-state index contributed by atoms with van der Waals surface area (Å²) in [6, 6.07) is 6.29. The number of halogens is 6. The second-order valence-corrected chi connectivity index (χ2v) is 12.1. The Balaban J connectivity index is 0.00000533. The topological polar surface area (TPSA) is 176 Å². The van der Waals surface area contributed by atoms with Gasteiger partial charge in [-0.2, -0.15) is 43.2 Å². The van der Waals surface area contributed by atoms with Gasteiger partial charge in [0, 0.05) is 71.2 Å². The summed E-state index contributed by atoms with van der Waals surface area (Å²) in [5.74, 6) is -1.47. The first-order chi connectivity index (χ1) is 17.2. The maximum Gasteiger partial charge on any atom is 0.462 e. The normalized spacial score (nSPS) is 12.3. The molecule has 3 aromatic rings. The first-order valence-electron chi connectivity index (χ1n) is 9.63. The van der Waals surface area contributed by atoms with Crippen molar-refractivity contribution in [1.82, 2.24) is 0 Å². The molecule has 0 saturated heterocycles. The molecule has 0 heterocycles. The van der Waals surface area contributed by atoms with Gasteiger partial charge in [-0.05, 0) is 42.5 Å². The minimum atomic E-state index is -5.41. The third kappa shape index (κ3) is 10.5. The van der Waals surface area contributed by atoms with Crippen LogP contribution < -0.4 is 14.4 Å². The predicted octanol–water partition coefficient (Wildman–Crippen LogP) is 3.61. The van der Waals surface area contributed by atoms with Gasteiger partial charge in [-0.25, -0.2) is 4.57 Å². The monoisotopic (exact) mass is 670 g/mol. The molecule has 41 heavy (non-hydrogen) atoms. The molecule has 216 valence electrons. The number of benzene rings is 3. The summed E-state index contributed by atoms with van der Waals surface area (Å²) in [6.45, 7) is 0. The van der Waals surface area contributed by atoms with Crippen molar-refractivity contribution in [3.8, 4) is 11.5 Å². The molecule has 0 spiro atoms. The molecule has 21 heteroatoms. The third-order valence-corrected chi connectivity index (χ3v) is 8.04. The van der Waals surface area contributed by atoms with Crippen LogP contribution in [0.15, 0.2) is 76.5 Å². The molecule has 0 saturated carbocycles. The fraction of sp³-hybridized carbons (Fsp3) is 0.100. The molecule has 10 nitrogen and oxygen atoms in total. The summed E-state index contributed by atoms with van der Waals surface area (Å²) in [5.41, 5.74) is -3.79. The fourth-order valence-corrected chi connectivity index (χ4v) is 5.54. The van der Waals surface area contributed by atoms with Gasteiger partial charge < -0.3 is 14.5 Å². The third-order valence-electron chi connectivity index (χ3n) is 4.55. The van der Waals surface area contributed by atoms with Crippen LogP contribution in [-0.2, 0) is 37.2 Å². The van der Waals surface area contributed by atoms with E-state index in [0.29, 0.717) is 12.1 Å². The largest absolute Gasteiger partial charge is 0.462 e. The second kappa shape index (κ2) is 14.1. The minimum Gasteiger partial charge on any atom is -0.413 e. The maximum absolute atomic E-state index is 13.8. The Morgan fingerprint density at radius 3 is 1.27 bits per heavy atom. The first kappa shape index (κ1) is 39.8. The summed E-state index contributed by atoms with van der Waals surface area (Å²) < 4.78 is 169. The molecule has 3 aromatic carbocycles. The molecule has 0 aliphatic carbocycles. The smallest absolute Gasteiger partial charge is 0.413 e. The Hall–Kier alpha value is -1.15. The fourth-order valence-electron chi connectivity index (χ4n) is 2.88. The van der Waals surface area contributed by atoms with Crippen molar-refractivity contribution >= 4 is 92.3 Å². The van der Waals surface area contributed by atoms with Gasteiger partial charge in [0.25, 0.3) is 20.2 Å². The van der Waals surface area contributed by atoms with Gasteiger partial charge in [-0.1, -0.05) is 12.1 Å². The van der Waals surface area contributed by atoms with Gasteiger partial charge in [0.2, 0.25) is 0 Å². The average Bonchev–Trinajstić information content (AvgIpc) is 2.77. The Labute approximate surface area is 273 Å². The van der Waals surface area contributed by atoms with E-state index >= 15 is 0 Å². The van der Waals surface area contributed by atoms with Crippen LogP contribution in [0.25, 0.3) is 0 Å². The van der Waals surface area contributed by atoms with E-state index in [4.69, 9.17) is 9.05 Å². The zero-order valence-corrected chi connectivity index (χ0v) is 27.2. The van der Waals surface area contributed by atoms with Crippen LogP contribution in [-0.4, -0.2) is 90.5 Å². The SMILES string of the molecule is O.O=P(Oc1cccc(S(=O)(=O)O)c1)(Oc1cccc(S(=O)(=O)O)c1)c1cc(C(F)(F)F)cc(C(F)(F)F)c1.[Na].[Na]. The number of hydrogen-bond acceptors (Lipinski definition) is 7. The van der Waals surface area contributed by atoms with Crippen molar-refractivity contribution in [2.24, 2.45) is 0 Å². The molecule has 3 rings (SSSR count). The van der Waals surface area contributed by atoms with E-state index in [1.165, 1.54) is 0 Å². The Bertz CT molecular complexity index is 1530. The van der Waals surface area contributed by atoms with Gasteiger partial charge >= 0.3 is 19.9 Å². The molecule has 0 fully saturated rings. The van der Waals surface area contributed by atoms with Crippen molar-refractivity contribution < 1.29 is 71.4 Å². The molecule has 0 bridgehead atoms. The van der Waals surface area contributed by atoms with E-state index in [0.717, 1.165) is 36.4 Å². The van der Waals surface area contributed by atoms with Gasteiger partial charge in [0.05, 0.1) is 26.2 Å². The Morgan fingerprint density at radius 2 is 0.976 bits per heavy atom. The molecular formula is C20H15F6Na2O10PS2. The summed E-state index contributed by atoms with van der Waals surface area (Å²) in [7, 11) is -15.2. The molecule has 0 aromatic heterocycles. The molecule has 0 atom stereocenters. The quantitative estimate of drug-likeness (QED) is 0.165. The van der Waals surface area contributed by atoms with Crippen LogP contribution in [0.4, 0.5) is 26.3 Å². The second-order valence-electron chi connectivity index (χ2n) is 7.34. The first-order valence-corrected chi connectivity index (χ1v) is 14.1. The Morgan fingerprint density at radius 1 is 0.634 bits per heavy atom. The van der Waals surface area contributed by atoms with Crippen molar-refractivity contribution in [1.29, 1.82) is 0 Å². The summed E-state index contributed by atoms with van der Waals surface area (Å²) >= 11 is 0. The molecule has 0 aliphatic heterocycles. The molecule has 0 unspecified atom stereocenters. The molecule has 2 radical (unpaired) electrons. The van der Waals surface area contributed by atoms with Crippen LogP contribution >= 0.6 is 7.60 Å². The number of alkyl halides is 6. The Kier molecular flexibility index (Phi) is 13.7. The van der Waals surface area contributed by atoms with E-state index < -0.39 is 77.9 Å². The van der Waals surface area contributed by atoms with Crippen LogP contribution in [0, 0.1) is 0 Å². The van der Waals surface area contributed by atoms with Gasteiger partial charge in [0.15, 0.2) is 0 Å². The minimum absolute atomic E-state index is 0. The summed E-state index contributed by atoms with van der Waals surface area (Å²) in [5, 5.41) is -1.30. The number of rotatable bonds is 7. The van der Waals surface area contributed by atoms with E-state index in [1.807, 2.05) is 0 Å². The number of hydrogen-bond donors (Lipinski definition) is 2. The maximum atomic E-state index is 13.8. The molecule has 0 amide bonds. The van der Waals surface area contributed by atoms with Gasteiger partial charge in [-0.15, -0.1) is 0 Å². The summed E-state index contributed by atoms with van der Waals surface area (Å²) in [4.78, 5) is -1.68. The van der Waals surface area contributed by atoms with Crippen molar-refractivity contribution in [3.63, 3.8) is 0 Å². The van der Waals surface area contributed by atoms with Gasteiger partial charge in [-0.3, -0.25) is 9.11 Å². The predicted molar refractivity (Wildman–Crippen MR) is 133 cm³/mol. The standard InChI is InChI=1S/C20H13F6O9PS2.2Na.H2O/c21-19(22,23)12-7-13(20(24,25)26)9-16(8-12)36(27,34-14-3-1-5-17(10-14)37(28,29)30)35-15-4-2-6-18(11-15)38(31,32)33;;;/h1-11H,(H,28,29,30)(H,31,32,33);;;1H2. The summed E-state index contributed by atoms with van der Waals surface area (Å²) in [6.07, 6.45) is -10.7. The van der Waals surface area contributed by atoms with Crippen molar-refractivity contribution in [2.75, 3.05) is 0 Å². The molecular weight excluding hydrogens is 655 g/mol.